The van der Waals surface area contributed by atoms with E-state index in [1.54, 1.807) is 10.9 Å². The van der Waals surface area contributed by atoms with E-state index in [-0.39, 0.29) is 11.6 Å². The van der Waals surface area contributed by atoms with Gasteiger partial charge in [-0.05, 0) is 32.0 Å². The van der Waals surface area contributed by atoms with Crippen molar-refractivity contribution in [1.29, 1.82) is 0 Å². The van der Waals surface area contributed by atoms with Gasteiger partial charge in [0.25, 0.3) is 5.91 Å². The van der Waals surface area contributed by atoms with Gasteiger partial charge in [0.05, 0.1) is 17.4 Å². The second-order valence-corrected chi connectivity index (χ2v) is 4.50. The first-order valence-corrected chi connectivity index (χ1v) is 5.88. The van der Waals surface area contributed by atoms with Crippen molar-refractivity contribution in [3.05, 3.63) is 42.0 Å². The molecule has 0 saturated carbocycles. The van der Waals surface area contributed by atoms with Crippen molar-refractivity contribution in [2.24, 2.45) is 0 Å². The molecule has 1 aromatic heterocycles. The number of halogens is 1. The van der Waals surface area contributed by atoms with Crippen molar-refractivity contribution in [2.45, 2.75) is 19.9 Å². The number of aromatic nitrogens is 2. The van der Waals surface area contributed by atoms with E-state index in [1.165, 1.54) is 24.4 Å². The van der Waals surface area contributed by atoms with Crippen LogP contribution in [0.3, 0.4) is 0 Å². The molecule has 0 spiro atoms. The minimum atomic E-state index is -0.608. The zero-order valence-corrected chi connectivity index (χ0v) is 10.7. The Bertz CT molecular complexity index is 606. The lowest BCUT2D eigenvalue weighted by Gasteiger charge is -2.05. The quantitative estimate of drug-likeness (QED) is 0.834. The molecule has 1 heterocycles. The number of carbonyl (C=O) groups is 1. The number of carbonyl (C=O) groups excluding carboxylic acids is 1. The summed E-state index contributed by atoms with van der Waals surface area (Å²) >= 11 is 0. The smallest absolute Gasteiger partial charge is 0.258 e. The van der Waals surface area contributed by atoms with E-state index in [4.69, 9.17) is 5.73 Å². The van der Waals surface area contributed by atoms with Crippen LogP contribution in [0.2, 0.25) is 0 Å². The minimum absolute atomic E-state index is 0.0858. The standard InChI is InChI=1S/C13H15FN4O/c1-8(2)18-7-10(6-16-18)17-13(19)11-5-9(15)3-4-12(11)14/h3-8H,15H2,1-2H3,(H,17,19). The summed E-state index contributed by atoms with van der Waals surface area (Å²) in [5, 5.41) is 6.67. The SMILES string of the molecule is CC(C)n1cc(NC(=O)c2cc(N)ccc2F)cn1. The average molecular weight is 262 g/mol. The summed E-state index contributed by atoms with van der Waals surface area (Å²) in [7, 11) is 0. The number of nitrogen functional groups attached to an aromatic ring is 1. The van der Waals surface area contributed by atoms with E-state index in [2.05, 4.69) is 10.4 Å². The summed E-state index contributed by atoms with van der Waals surface area (Å²) in [6.45, 7) is 3.94. The van der Waals surface area contributed by atoms with Gasteiger partial charge in [0, 0.05) is 17.9 Å². The molecule has 0 aliphatic rings. The first-order chi connectivity index (χ1) is 8.97. The van der Waals surface area contributed by atoms with Gasteiger partial charge in [-0.25, -0.2) is 4.39 Å². The fourth-order valence-electron chi connectivity index (χ4n) is 1.60. The number of benzene rings is 1. The maximum atomic E-state index is 13.5. The Morgan fingerprint density at radius 1 is 1.47 bits per heavy atom. The Labute approximate surface area is 110 Å². The molecule has 0 atom stereocenters. The Morgan fingerprint density at radius 2 is 2.21 bits per heavy atom. The predicted octanol–water partition coefficient (Wildman–Crippen LogP) is 2.44. The summed E-state index contributed by atoms with van der Waals surface area (Å²) in [6.07, 6.45) is 3.20. The van der Waals surface area contributed by atoms with Crippen LogP contribution in [0, 0.1) is 5.82 Å². The normalized spacial score (nSPS) is 10.7. The highest BCUT2D eigenvalue weighted by Crippen LogP contribution is 2.15. The van der Waals surface area contributed by atoms with Crippen LogP contribution in [0.15, 0.2) is 30.6 Å². The van der Waals surface area contributed by atoms with Gasteiger partial charge in [-0.1, -0.05) is 0 Å². The Hall–Kier alpha value is -2.37. The molecule has 5 nitrogen and oxygen atoms in total. The third kappa shape index (κ3) is 2.90. The lowest BCUT2D eigenvalue weighted by Crippen LogP contribution is -2.13. The zero-order valence-electron chi connectivity index (χ0n) is 10.7. The molecule has 0 unspecified atom stereocenters. The number of nitrogens with one attached hydrogen (secondary N) is 1. The van der Waals surface area contributed by atoms with Gasteiger partial charge in [0.15, 0.2) is 0 Å². The summed E-state index contributed by atoms with van der Waals surface area (Å²) in [5.41, 5.74) is 6.31. The third-order valence-electron chi connectivity index (χ3n) is 2.62. The van der Waals surface area contributed by atoms with Gasteiger partial charge in [-0.3, -0.25) is 9.48 Å². The largest absolute Gasteiger partial charge is 0.399 e. The van der Waals surface area contributed by atoms with Crippen LogP contribution in [0.4, 0.5) is 15.8 Å². The van der Waals surface area contributed by atoms with Gasteiger partial charge < -0.3 is 11.1 Å². The molecule has 0 saturated heterocycles. The van der Waals surface area contributed by atoms with Crippen molar-refractivity contribution in [3.8, 4) is 0 Å². The second kappa shape index (κ2) is 5.09. The van der Waals surface area contributed by atoms with Crippen molar-refractivity contribution >= 4 is 17.3 Å². The number of amides is 1. The molecule has 0 fully saturated rings. The fourth-order valence-corrected chi connectivity index (χ4v) is 1.60. The predicted molar refractivity (Wildman–Crippen MR) is 71.4 cm³/mol. The van der Waals surface area contributed by atoms with Crippen LogP contribution < -0.4 is 11.1 Å². The topological polar surface area (TPSA) is 72.9 Å². The third-order valence-corrected chi connectivity index (χ3v) is 2.62. The van der Waals surface area contributed by atoms with E-state index < -0.39 is 11.7 Å². The highest BCUT2D eigenvalue weighted by atomic mass is 19.1. The number of rotatable bonds is 3. The number of hydrogen-bond acceptors (Lipinski definition) is 3. The number of anilines is 2. The van der Waals surface area contributed by atoms with E-state index in [9.17, 15) is 9.18 Å². The van der Waals surface area contributed by atoms with Gasteiger partial charge in [0.1, 0.15) is 5.82 Å². The Balaban J connectivity index is 2.18. The van der Waals surface area contributed by atoms with Crippen LogP contribution in [-0.4, -0.2) is 15.7 Å². The summed E-state index contributed by atoms with van der Waals surface area (Å²) < 4.78 is 15.2. The molecule has 0 bridgehead atoms. The lowest BCUT2D eigenvalue weighted by atomic mass is 10.1. The van der Waals surface area contributed by atoms with Crippen molar-refractivity contribution < 1.29 is 9.18 Å². The molecular formula is C13H15FN4O. The van der Waals surface area contributed by atoms with Crippen LogP contribution in [0.5, 0.6) is 0 Å². The number of nitrogens with two attached hydrogens (primary N) is 1. The van der Waals surface area contributed by atoms with Crippen molar-refractivity contribution in [1.82, 2.24) is 9.78 Å². The molecule has 0 radical (unpaired) electrons. The van der Waals surface area contributed by atoms with E-state index in [0.717, 1.165) is 0 Å². The van der Waals surface area contributed by atoms with E-state index in [1.807, 2.05) is 13.8 Å². The molecule has 1 aromatic carbocycles. The summed E-state index contributed by atoms with van der Waals surface area (Å²) in [6, 6.07) is 4.07. The summed E-state index contributed by atoms with van der Waals surface area (Å²) in [4.78, 5) is 11.9. The Kier molecular flexibility index (Phi) is 3.50. The lowest BCUT2D eigenvalue weighted by molar-refractivity contribution is 0.102. The summed E-state index contributed by atoms with van der Waals surface area (Å²) in [5.74, 6) is -1.16. The van der Waals surface area contributed by atoms with Gasteiger partial charge in [0.2, 0.25) is 0 Å². The fraction of sp³-hybridized carbons (Fsp3) is 0.231. The minimum Gasteiger partial charge on any atom is -0.399 e. The van der Waals surface area contributed by atoms with Crippen molar-refractivity contribution in [2.75, 3.05) is 11.1 Å². The van der Waals surface area contributed by atoms with Gasteiger partial charge in [-0.2, -0.15) is 5.10 Å². The van der Waals surface area contributed by atoms with Crippen LogP contribution in [0.25, 0.3) is 0 Å². The van der Waals surface area contributed by atoms with Crippen LogP contribution in [0.1, 0.15) is 30.2 Å². The van der Waals surface area contributed by atoms with E-state index >= 15 is 0 Å². The molecule has 6 heteroatoms. The maximum absolute atomic E-state index is 13.5. The molecule has 100 valence electrons. The zero-order chi connectivity index (χ0) is 14.0. The maximum Gasteiger partial charge on any atom is 0.258 e. The second-order valence-electron chi connectivity index (χ2n) is 4.50. The van der Waals surface area contributed by atoms with Gasteiger partial charge >= 0.3 is 0 Å². The van der Waals surface area contributed by atoms with Crippen LogP contribution in [-0.2, 0) is 0 Å². The first kappa shape index (κ1) is 13.1. The monoisotopic (exact) mass is 262 g/mol. The van der Waals surface area contributed by atoms with Crippen LogP contribution >= 0.6 is 0 Å². The first-order valence-electron chi connectivity index (χ1n) is 5.88. The van der Waals surface area contributed by atoms with Crippen molar-refractivity contribution in [3.63, 3.8) is 0 Å². The highest BCUT2D eigenvalue weighted by molar-refractivity contribution is 6.04. The molecule has 3 N–H and O–H groups in total. The molecule has 2 rings (SSSR count). The number of nitrogens with zero attached hydrogens (tertiary/aromatic N) is 2. The number of hydrogen-bond donors (Lipinski definition) is 2. The highest BCUT2D eigenvalue weighted by Gasteiger charge is 2.13. The molecule has 19 heavy (non-hydrogen) atoms. The molecule has 0 aliphatic carbocycles. The molecular weight excluding hydrogens is 247 g/mol. The molecule has 2 aromatic rings. The van der Waals surface area contributed by atoms with Gasteiger partial charge in [-0.15, -0.1) is 0 Å². The van der Waals surface area contributed by atoms with E-state index in [0.29, 0.717) is 11.4 Å². The average Bonchev–Trinajstić information content (AvgIpc) is 2.80. The Morgan fingerprint density at radius 3 is 2.84 bits per heavy atom. The molecule has 0 aliphatic heterocycles. The molecule has 1 amide bonds.